The molecule has 16 heavy (non-hydrogen) atoms. The summed E-state index contributed by atoms with van der Waals surface area (Å²) in [4.78, 5) is 0. The zero-order valence-corrected chi connectivity index (χ0v) is 11.8. The molecule has 1 N–H and O–H groups in total. The minimum atomic E-state index is -0.0815. The molecule has 0 radical (unpaired) electrons. The third-order valence-corrected chi connectivity index (χ3v) is 3.33. The molecule has 1 atom stereocenters. The number of likely N-dealkylation sites (N-methyl/N-ethyl adjacent to an activating group) is 1. The van der Waals surface area contributed by atoms with Crippen LogP contribution in [0.1, 0.15) is 25.8 Å². The number of hydrogen-bond acceptors (Lipinski definition) is 2. The molecule has 0 amide bonds. The second-order valence-corrected chi connectivity index (χ2v) is 5.16. The molecule has 0 heterocycles. The number of hydrogen-bond donors (Lipinski definition) is 1. The predicted molar refractivity (Wildman–Crippen MR) is 71.6 cm³/mol. The van der Waals surface area contributed by atoms with Crippen LogP contribution in [0.3, 0.4) is 0 Å². The Morgan fingerprint density at radius 1 is 1.31 bits per heavy atom. The van der Waals surface area contributed by atoms with E-state index < -0.39 is 0 Å². The number of nitrogens with one attached hydrogen (secondary N) is 1. The summed E-state index contributed by atoms with van der Waals surface area (Å²) in [6, 6.07) is 8.25. The maximum atomic E-state index is 5.97. The third-order valence-electron chi connectivity index (χ3n) is 2.80. The lowest BCUT2D eigenvalue weighted by molar-refractivity contribution is -0.0432. The summed E-state index contributed by atoms with van der Waals surface area (Å²) in [6.45, 7) is 5.83. The van der Waals surface area contributed by atoms with Crippen LogP contribution in [-0.4, -0.2) is 19.2 Å². The molecule has 0 aromatic heterocycles. The van der Waals surface area contributed by atoms with Gasteiger partial charge in [0.1, 0.15) is 0 Å². The van der Waals surface area contributed by atoms with Crippen LogP contribution in [0.15, 0.2) is 28.7 Å². The largest absolute Gasteiger partial charge is 0.369 e. The highest BCUT2D eigenvalue weighted by atomic mass is 79.9. The van der Waals surface area contributed by atoms with E-state index in [0.717, 1.165) is 17.4 Å². The van der Waals surface area contributed by atoms with Gasteiger partial charge in [-0.15, -0.1) is 0 Å². The van der Waals surface area contributed by atoms with Gasteiger partial charge in [0.05, 0.1) is 12.2 Å². The van der Waals surface area contributed by atoms with Crippen LogP contribution in [0.25, 0.3) is 0 Å². The maximum absolute atomic E-state index is 5.97. The normalized spacial score (nSPS) is 14.8. The Hall–Kier alpha value is -0.380. The molecule has 90 valence electrons. The van der Waals surface area contributed by atoms with Crippen LogP contribution < -0.4 is 5.32 Å². The molecule has 0 fully saturated rings. The van der Waals surface area contributed by atoms with Crippen LogP contribution in [0.2, 0.25) is 0 Å². The van der Waals surface area contributed by atoms with Crippen molar-refractivity contribution in [1.82, 2.24) is 5.32 Å². The molecule has 0 aliphatic heterocycles. The SMILES string of the molecule is CCC(C)(CNC)OCc1ccc(Br)cc1. The minimum absolute atomic E-state index is 0.0815. The van der Waals surface area contributed by atoms with E-state index in [-0.39, 0.29) is 5.60 Å². The molecule has 0 saturated heterocycles. The quantitative estimate of drug-likeness (QED) is 0.866. The van der Waals surface area contributed by atoms with Crippen LogP contribution in [0.5, 0.6) is 0 Å². The number of rotatable bonds is 6. The molecule has 1 rings (SSSR count). The van der Waals surface area contributed by atoms with Gasteiger partial charge in [0.25, 0.3) is 0 Å². The molecule has 2 nitrogen and oxygen atoms in total. The maximum Gasteiger partial charge on any atom is 0.0780 e. The van der Waals surface area contributed by atoms with Gasteiger partial charge in [-0.05, 0) is 38.1 Å². The predicted octanol–water partition coefficient (Wildman–Crippen LogP) is 3.35. The highest BCUT2D eigenvalue weighted by Gasteiger charge is 2.21. The zero-order valence-electron chi connectivity index (χ0n) is 10.2. The molecule has 0 spiro atoms. The standard InChI is InChI=1S/C13H20BrNO/c1-4-13(2,10-15-3)16-9-11-5-7-12(14)8-6-11/h5-8,15H,4,9-10H2,1-3H3. The second kappa shape index (κ2) is 6.38. The highest BCUT2D eigenvalue weighted by Crippen LogP contribution is 2.18. The van der Waals surface area contributed by atoms with Crippen molar-refractivity contribution in [3.05, 3.63) is 34.3 Å². The van der Waals surface area contributed by atoms with Gasteiger partial charge in [-0.2, -0.15) is 0 Å². The summed E-state index contributed by atoms with van der Waals surface area (Å²) in [5, 5.41) is 3.17. The Labute approximate surface area is 107 Å². The van der Waals surface area contributed by atoms with Gasteiger partial charge in [-0.1, -0.05) is 35.0 Å². The van der Waals surface area contributed by atoms with Gasteiger partial charge < -0.3 is 10.1 Å². The monoisotopic (exact) mass is 285 g/mol. The van der Waals surface area contributed by atoms with Crippen LogP contribution in [0, 0.1) is 0 Å². The summed E-state index contributed by atoms with van der Waals surface area (Å²) in [6.07, 6.45) is 1.00. The molecule has 0 bridgehead atoms. The van der Waals surface area contributed by atoms with E-state index in [4.69, 9.17) is 4.74 Å². The first-order valence-electron chi connectivity index (χ1n) is 5.62. The van der Waals surface area contributed by atoms with Gasteiger partial charge in [0.15, 0.2) is 0 Å². The van der Waals surface area contributed by atoms with Gasteiger partial charge in [-0.3, -0.25) is 0 Å². The van der Waals surface area contributed by atoms with E-state index in [1.54, 1.807) is 0 Å². The minimum Gasteiger partial charge on any atom is -0.369 e. The summed E-state index contributed by atoms with van der Waals surface area (Å²) >= 11 is 3.42. The summed E-state index contributed by atoms with van der Waals surface area (Å²) < 4.78 is 7.07. The smallest absolute Gasteiger partial charge is 0.0780 e. The van der Waals surface area contributed by atoms with Gasteiger partial charge >= 0.3 is 0 Å². The molecular weight excluding hydrogens is 266 g/mol. The van der Waals surface area contributed by atoms with Crippen molar-refractivity contribution >= 4 is 15.9 Å². The lowest BCUT2D eigenvalue weighted by Gasteiger charge is -2.28. The lowest BCUT2D eigenvalue weighted by atomic mass is 10.0. The first-order valence-corrected chi connectivity index (χ1v) is 6.42. The van der Waals surface area contributed by atoms with Crippen molar-refractivity contribution < 1.29 is 4.74 Å². The second-order valence-electron chi connectivity index (χ2n) is 4.25. The first-order chi connectivity index (χ1) is 7.59. The molecular formula is C13H20BrNO. The third kappa shape index (κ3) is 4.24. The van der Waals surface area contributed by atoms with E-state index in [9.17, 15) is 0 Å². The Balaban J connectivity index is 2.52. The summed E-state index contributed by atoms with van der Waals surface area (Å²) in [7, 11) is 1.96. The zero-order chi connectivity index (χ0) is 12.0. The van der Waals surface area contributed by atoms with Crippen LogP contribution >= 0.6 is 15.9 Å². The topological polar surface area (TPSA) is 21.3 Å². The van der Waals surface area contributed by atoms with Crippen molar-refractivity contribution in [3.8, 4) is 0 Å². The van der Waals surface area contributed by atoms with Gasteiger partial charge in [0.2, 0.25) is 0 Å². The Morgan fingerprint density at radius 3 is 2.44 bits per heavy atom. The Kier molecular flexibility index (Phi) is 5.46. The first kappa shape index (κ1) is 13.7. The Morgan fingerprint density at radius 2 is 1.94 bits per heavy atom. The molecule has 3 heteroatoms. The fraction of sp³-hybridized carbons (Fsp3) is 0.538. The van der Waals surface area contributed by atoms with Crippen molar-refractivity contribution in [3.63, 3.8) is 0 Å². The summed E-state index contributed by atoms with van der Waals surface area (Å²) in [5.41, 5.74) is 1.13. The summed E-state index contributed by atoms with van der Waals surface area (Å²) in [5.74, 6) is 0. The number of benzene rings is 1. The number of halogens is 1. The molecule has 1 aromatic carbocycles. The van der Waals surface area contributed by atoms with Crippen molar-refractivity contribution in [2.75, 3.05) is 13.6 Å². The van der Waals surface area contributed by atoms with E-state index in [0.29, 0.717) is 6.61 Å². The van der Waals surface area contributed by atoms with E-state index in [1.807, 2.05) is 19.2 Å². The van der Waals surface area contributed by atoms with Crippen molar-refractivity contribution in [2.45, 2.75) is 32.5 Å². The van der Waals surface area contributed by atoms with Gasteiger partial charge in [0, 0.05) is 11.0 Å². The molecule has 1 aromatic rings. The van der Waals surface area contributed by atoms with E-state index in [2.05, 4.69) is 47.2 Å². The molecule has 1 unspecified atom stereocenters. The number of ether oxygens (including phenoxy) is 1. The highest BCUT2D eigenvalue weighted by molar-refractivity contribution is 9.10. The Bertz CT molecular complexity index is 312. The van der Waals surface area contributed by atoms with Crippen molar-refractivity contribution in [2.24, 2.45) is 0 Å². The average molecular weight is 286 g/mol. The van der Waals surface area contributed by atoms with Crippen LogP contribution in [0.4, 0.5) is 0 Å². The molecule has 0 aliphatic carbocycles. The molecule has 0 aliphatic rings. The lowest BCUT2D eigenvalue weighted by Crippen LogP contribution is -2.38. The van der Waals surface area contributed by atoms with Crippen LogP contribution in [-0.2, 0) is 11.3 Å². The van der Waals surface area contributed by atoms with E-state index >= 15 is 0 Å². The fourth-order valence-electron chi connectivity index (χ4n) is 1.49. The fourth-order valence-corrected chi connectivity index (χ4v) is 1.75. The average Bonchev–Trinajstić information content (AvgIpc) is 2.29. The van der Waals surface area contributed by atoms with Crippen molar-refractivity contribution in [1.29, 1.82) is 0 Å². The van der Waals surface area contributed by atoms with Gasteiger partial charge in [-0.25, -0.2) is 0 Å². The van der Waals surface area contributed by atoms with E-state index in [1.165, 1.54) is 5.56 Å². The molecule has 0 saturated carbocycles.